The predicted molar refractivity (Wildman–Crippen MR) is 142 cm³/mol. The van der Waals surface area contributed by atoms with Gasteiger partial charge in [-0.1, -0.05) is 25.0 Å². The Hall–Kier alpha value is -4.04. The first-order chi connectivity index (χ1) is 18.0. The molecule has 8 heteroatoms. The van der Waals surface area contributed by atoms with E-state index in [1.807, 2.05) is 48.5 Å². The van der Waals surface area contributed by atoms with Crippen molar-refractivity contribution in [3.8, 4) is 39.7 Å². The molecule has 0 spiro atoms. The molecule has 0 radical (unpaired) electrons. The highest BCUT2D eigenvalue weighted by molar-refractivity contribution is 5.98. The number of aromatic nitrogens is 1. The van der Waals surface area contributed by atoms with E-state index in [1.54, 1.807) is 27.5 Å². The van der Waals surface area contributed by atoms with E-state index >= 15 is 0 Å². The zero-order valence-corrected chi connectivity index (χ0v) is 21.2. The van der Waals surface area contributed by atoms with Crippen LogP contribution in [0.5, 0.6) is 17.2 Å². The maximum Gasteiger partial charge on any atom is 0.251 e. The first-order valence-electron chi connectivity index (χ1n) is 12.4. The second kappa shape index (κ2) is 10.5. The Morgan fingerprint density at radius 2 is 1.73 bits per heavy atom. The van der Waals surface area contributed by atoms with Crippen LogP contribution >= 0.6 is 0 Å². The maximum atomic E-state index is 13.0. The number of amides is 1. The van der Waals surface area contributed by atoms with Crippen molar-refractivity contribution in [3.05, 3.63) is 60.3 Å². The molecule has 0 unspecified atom stereocenters. The Morgan fingerprint density at radius 1 is 0.973 bits per heavy atom. The highest BCUT2D eigenvalue weighted by atomic mass is 16.5. The van der Waals surface area contributed by atoms with E-state index in [1.165, 1.54) is 0 Å². The minimum atomic E-state index is -0.118. The number of pyridine rings is 1. The summed E-state index contributed by atoms with van der Waals surface area (Å²) in [6, 6.07) is 15.0. The summed E-state index contributed by atoms with van der Waals surface area (Å²) in [5.74, 6) is 2.05. The van der Waals surface area contributed by atoms with Crippen molar-refractivity contribution in [1.29, 1.82) is 0 Å². The number of furan rings is 1. The zero-order valence-electron chi connectivity index (χ0n) is 21.2. The molecule has 1 aliphatic rings. The van der Waals surface area contributed by atoms with Gasteiger partial charge in [-0.2, -0.15) is 0 Å². The molecule has 1 aliphatic carbocycles. The number of carbonyl (C=O) groups is 1. The highest BCUT2D eigenvalue weighted by Crippen LogP contribution is 2.42. The summed E-state index contributed by atoms with van der Waals surface area (Å²) in [6.45, 7) is 0. The van der Waals surface area contributed by atoms with Crippen LogP contribution in [0.4, 0.5) is 0 Å². The van der Waals surface area contributed by atoms with Gasteiger partial charge < -0.3 is 29.7 Å². The predicted octanol–water partition coefficient (Wildman–Crippen LogP) is 5.19. The van der Waals surface area contributed by atoms with Crippen molar-refractivity contribution >= 4 is 17.0 Å². The van der Waals surface area contributed by atoms with Gasteiger partial charge in [0.25, 0.3) is 5.91 Å². The average molecular weight is 502 g/mol. The lowest BCUT2D eigenvalue weighted by molar-refractivity contribution is 0.0921. The standard InChI is InChI=1S/C29H31N3O5/c1-34-25-14-19(15-26(35-2)28(25)36-3)24-16-23-27(37-24)20(11-12-31-23)17-7-6-8-18(13-17)29(33)32-22-10-5-4-9-21(22)30/h6-8,11-16,21-22H,4-5,9-10,30H2,1-3H3,(H,32,33)/t21-,22+/m0/s1. The molecule has 2 aromatic heterocycles. The smallest absolute Gasteiger partial charge is 0.251 e. The van der Waals surface area contributed by atoms with Crippen LogP contribution in [0.15, 0.2) is 59.1 Å². The largest absolute Gasteiger partial charge is 0.493 e. The van der Waals surface area contributed by atoms with E-state index in [0.29, 0.717) is 39.7 Å². The van der Waals surface area contributed by atoms with Crippen LogP contribution in [-0.4, -0.2) is 44.3 Å². The van der Waals surface area contributed by atoms with Gasteiger partial charge in [-0.05, 0) is 48.7 Å². The summed E-state index contributed by atoms with van der Waals surface area (Å²) >= 11 is 0. The number of nitrogens with zero attached hydrogens (tertiary/aromatic N) is 1. The van der Waals surface area contributed by atoms with E-state index in [0.717, 1.165) is 42.4 Å². The van der Waals surface area contributed by atoms with Gasteiger partial charge in [0.1, 0.15) is 11.3 Å². The fourth-order valence-electron chi connectivity index (χ4n) is 4.95. The van der Waals surface area contributed by atoms with Crippen LogP contribution in [0, 0.1) is 0 Å². The van der Waals surface area contributed by atoms with Gasteiger partial charge in [-0.15, -0.1) is 0 Å². The van der Waals surface area contributed by atoms with Crippen molar-refractivity contribution in [3.63, 3.8) is 0 Å². The number of methoxy groups -OCH3 is 3. The number of hydrogen-bond donors (Lipinski definition) is 2. The second-order valence-electron chi connectivity index (χ2n) is 9.21. The first kappa shape index (κ1) is 24.6. The lowest BCUT2D eigenvalue weighted by Gasteiger charge is -2.29. The number of carbonyl (C=O) groups excluding carboxylic acids is 1. The van der Waals surface area contributed by atoms with Gasteiger partial charge >= 0.3 is 0 Å². The van der Waals surface area contributed by atoms with E-state index in [-0.39, 0.29) is 18.0 Å². The third-order valence-corrected chi connectivity index (χ3v) is 6.93. The Labute approximate surface area is 215 Å². The number of nitrogens with two attached hydrogens (primary N) is 1. The summed E-state index contributed by atoms with van der Waals surface area (Å²) in [5.41, 5.74) is 10.6. The molecular formula is C29H31N3O5. The van der Waals surface area contributed by atoms with E-state index in [9.17, 15) is 4.79 Å². The zero-order chi connectivity index (χ0) is 25.9. The minimum Gasteiger partial charge on any atom is -0.493 e. The van der Waals surface area contributed by atoms with Crippen LogP contribution in [0.2, 0.25) is 0 Å². The third-order valence-electron chi connectivity index (χ3n) is 6.93. The highest BCUT2D eigenvalue weighted by Gasteiger charge is 2.24. The quantitative estimate of drug-likeness (QED) is 0.359. The topological polar surface area (TPSA) is 109 Å². The molecule has 0 bridgehead atoms. The van der Waals surface area contributed by atoms with Gasteiger partial charge in [-0.3, -0.25) is 9.78 Å². The summed E-state index contributed by atoms with van der Waals surface area (Å²) in [6.07, 6.45) is 5.78. The molecule has 2 aromatic carbocycles. The monoisotopic (exact) mass is 501 g/mol. The molecule has 2 atom stereocenters. The SMILES string of the molecule is COc1cc(-c2cc3nccc(-c4cccc(C(=O)N[C@@H]5CCCC[C@@H]5N)c4)c3o2)cc(OC)c1OC. The normalized spacial score (nSPS) is 17.4. The van der Waals surface area contributed by atoms with Gasteiger partial charge in [0.2, 0.25) is 5.75 Å². The maximum absolute atomic E-state index is 13.0. The molecule has 1 saturated carbocycles. The van der Waals surface area contributed by atoms with Gasteiger partial charge in [0, 0.05) is 41.0 Å². The molecule has 5 rings (SSSR count). The summed E-state index contributed by atoms with van der Waals surface area (Å²) in [4.78, 5) is 17.5. The molecule has 37 heavy (non-hydrogen) atoms. The Kier molecular flexibility index (Phi) is 7.01. The summed E-state index contributed by atoms with van der Waals surface area (Å²) in [7, 11) is 4.71. The van der Waals surface area contributed by atoms with Crippen LogP contribution in [0.1, 0.15) is 36.0 Å². The average Bonchev–Trinajstić information content (AvgIpc) is 3.38. The lowest BCUT2D eigenvalue weighted by Crippen LogP contribution is -2.49. The van der Waals surface area contributed by atoms with E-state index in [2.05, 4.69) is 10.3 Å². The molecule has 8 nitrogen and oxygen atoms in total. The van der Waals surface area contributed by atoms with E-state index < -0.39 is 0 Å². The minimum absolute atomic E-state index is 0.00236. The number of benzene rings is 2. The fourth-order valence-corrected chi connectivity index (χ4v) is 4.95. The van der Waals surface area contributed by atoms with Crippen molar-refractivity contribution in [2.24, 2.45) is 5.73 Å². The molecule has 1 fully saturated rings. The lowest BCUT2D eigenvalue weighted by atomic mass is 9.91. The van der Waals surface area contributed by atoms with Crippen LogP contribution < -0.4 is 25.3 Å². The summed E-state index contributed by atoms with van der Waals surface area (Å²) in [5, 5.41) is 3.12. The van der Waals surface area contributed by atoms with Crippen LogP contribution in [-0.2, 0) is 0 Å². The van der Waals surface area contributed by atoms with Crippen molar-refractivity contribution in [2.45, 2.75) is 37.8 Å². The molecule has 4 aromatic rings. The number of fused-ring (bicyclic) bond motifs is 1. The first-order valence-corrected chi connectivity index (χ1v) is 12.4. The second-order valence-corrected chi connectivity index (χ2v) is 9.21. The molecular weight excluding hydrogens is 470 g/mol. The molecule has 3 N–H and O–H groups in total. The van der Waals surface area contributed by atoms with Crippen molar-refractivity contribution < 1.29 is 23.4 Å². The number of hydrogen-bond acceptors (Lipinski definition) is 7. The molecule has 0 saturated heterocycles. The fraction of sp³-hybridized carbons (Fsp3) is 0.310. The van der Waals surface area contributed by atoms with Crippen molar-refractivity contribution in [1.82, 2.24) is 10.3 Å². The van der Waals surface area contributed by atoms with Crippen molar-refractivity contribution in [2.75, 3.05) is 21.3 Å². The van der Waals surface area contributed by atoms with Gasteiger partial charge in [0.15, 0.2) is 17.1 Å². The number of ether oxygens (including phenoxy) is 3. The Balaban J connectivity index is 1.49. The third kappa shape index (κ3) is 4.84. The van der Waals surface area contributed by atoms with Crippen LogP contribution in [0.25, 0.3) is 33.6 Å². The molecule has 1 amide bonds. The van der Waals surface area contributed by atoms with Crippen LogP contribution in [0.3, 0.4) is 0 Å². The van der Waals surface area contributed by atoms with Gasteiger partial charge in [-0.25, -0.2) is 0 Å². The Bertz CT molecular complexity index is 1410. The summed E-state index contributed by atoms with van der Waals surface area (Å²) < 4.78 is 22.7. The van der Waals surface area contributed by atoms with Gasteiger partial charge in [0.05, 0.1) is 21.3 Å². The number of nitrogens with one attached hydrogen (secondary N) is 1. The molecule has 192 valence electrons. The number of rotatable bonds is 7. The molecule has 0 aliphatic heterocycles. The molecule has 2 heterocycles. The Morgan fingerprint density at radius 3 is 2.43 bits per heavy atom. The van der Waals surface area contributed by atoms with E-state index in [4.69, 9.17) is 24.4 Å².